The lowest BCUT2D eigenvalue weighted by molar-refractivity contribution is 0.0699. The summed E-state index contributed by atoms with van der Waals surface area (Å²) < 4.78 is 41.3. The molecule has 0 amide bonds. The molecule has 0 unspecified atom stereocenters. The number of carbonyl (C=O) groups is 1. The average molecular weight is 292 g/mol. The first kappa shape index (κ1) is 13.2. The second kappa shape index (κ2) is 4.62. The number of hydrogen-bond acceptors (Lipinski definition) is 2. The Morgan fingerprint density at radius 3 is 2.57 bits per heavy atom. The zero-order chi connectivity index (χ0) is 15.1. The van der Waals surface area contributed by atoms with Crippen molar-refractivity contribution >= 4 is 17.0 Å². The maximum atomic E-state index is 13.8. The fourth-order valence-corrected chi connectivity index (χ4v) is 2.11. The van der Waals surface area contributed by atoms with Gasteiger partial charge in [0.1, 0.15) is 11.8 Å². The van der Waals surface area contributed by atoms with Crippen molar-refractivity contribution in [1.82, 2.24) is 9.55 Å². The van der Waals surface area contributed by atoms with Crippen LogP contribution < -0.4 is 0 Å². The molecule has 0 saturated heterocycles. The number of imidazole rings is 1. The molecule has 0 radical (unpaired) electrons. The van der Waals surface area contributed by atoms with Gasteiger partial charge in [-0.3, -0.25) is 4.57 Å². The number of para-hydroxylation sites is 1. The van der Waals surface area contributed by atoms with E-state index in [9.17, 15) is 18.0 Å². The molecule has 7 heteroatoms. The molecule has 21 heavy (non-hydrogen) atoms. The van der Waals surface area contributed by atoms with Gasteiger partial charge in [-0.2, -0.15) is 0 Å². The Morgan fingerprint density at radius 2 is 1.86 bits per heavy atom. The number of benzene rings is 2. The molecular weight excluding hydrogens is 285 g/mol. The lowest BCUT2D eigenvalue weighted by atomic mass is 10.2. The number of aromatic carboxylic acids is 1. The smallest absolute Gasteiger partial charge is 0.337 e. The molecule has 0 aliphatic rings. The molecule has 0 saturated carbocycles. The quantitative estimate of drug-likeness (QED) is 0.738. The Labute approximate surface area is 116 Å². The topological polar surface area (TPSA) is 55.1 Å². The monoisotopic (exact) mass is 292 g/mol. The molecule has 0 fully saturated rings. The zero-order valence-electron chi connectivity index (χ0n) is 10.3. The Balaban J connectivity index is 2.30. The minimum atomic E-state index is -1.59. The molecule has 1 N–H and O–H groups in total. The van der Waals surface area contributed by atoms with Gasteiger partial charge >= 0.3 is 5.97 Å². The molecule has 3 rings (SSSR count). The first-order valence-electron chi connectivity index (χ1n) is 5.84. The number of halogens is 3. The van der Waals surface area contributed by atoms with Gasteiger partial charge in [-0.15, -0.1) is 0 Å². The van der Waals surface area contributed by atoms with Crippen LogP contribution in [0.15, 0.2) is 36.7 Å². The zero-order valence-corrected chi connectivity index (χ0v) is 10.3. The highest BCUT2D eigenvalue weighted by Gasteiger charge is 2.18. The molecule has 0 bridgehead atoms. The van der Waals surface area contributed by atoms with Crippen LogP contribution in [0.4, 0.5) is 13.2 Å². The molecule has 1 heterocycles. The van der Waals surface area contributed by atoms with Gasteiger partial charge in [0.2, 0.25) is 0 Å². The van der Waals surface area contributed by atoms with Gasteiger partial charge in [0.25, 0.3) is 0 Å². The van der Waals surface area contributed by atoms with E-state index in [-0.39, 0.29) is 22.3 Å². The summed E-state index contributed by atoms with van der Waals surface area (Å²) in [5.74, 6) is -5.44. The summed E-state index contributed by atoms with van der Waals surface area (Å²) >= 11 is 0. The van der Waals surface area contributed by atoms with E-state index in [1.165, 1.54) is 22.8 Å². The largest absolute Gasteiger partial charge is 0.478 e. The fourth-order valence-electron chi connectivity index (χ4n) is 2.11. The lowest BCUT2D eigenvalue weighted by Gasteiger charge is -2.07. The van der Waals surface area contributed by atoms with Gasteiger partial charge in [-0.05, 0) is 24.3 Å². The number of fused-ring (bicyclic) bond motifs is 1. The van der Waals surface area contributed by atoms with Crippen molar-refractivity contribution in [2.24, 2.45) is 0 Å². The average Bonchev–Trinajstić information content (AvgIpc) is 2.88. The van der Waals surface area contributed by atoms with Gasteiger partial charge in [0, 0.05) is 0 Å². The van der Waals surface area contributed by atoms with E-state index in [2.05, 4.69) is 4.98 Å². The Morgan fingerprint density at radius 1 is 1.10 bits per heavy atom. The highest BCUT2D eigenvalue weighted by molar-refractivity contribution is 6.01. The van der Waals surface area contributed by atoms with E-state index in [1.54, 1.807) is 0 Å². The summed E-state index contributed by atoms with van der Waals surface area (Å²) in [6.07, 6.45) is 1.16. The molecule has 1 aromatic heterocycles. The van der Waals surface area contributed by atoms with E-state index in [0.29, 0.717) is 0 Å². The van der Waals surface area contributed by atoms with Crippen LogP contribution >= 0.6 is 0 Å². The summed E-state index contributed by atoms with van der Waals surface area (Å²) in [6.45, 7) is 0. The summed E-state index contributed by atoms with van der Waals surface area (Å²) in [7, 11) is 0. The molecule has 0 aliphatic heterocycles. The van der Waals surface area contributed by atoms with Crippen molar-refractivity contribution in [2.45, 2.75) is 0 Å². The SMILES string of the molecule is O=C(O)c1cccc2c1ncn2-c1ccc(F)c(F)c1F. The summed E-state index contributed by atoms with van der Waals surface area (Å²) in [5.41, 5.74) is 0.0992. The third-order valence-electron chi connectivity index (χ3n) is 3.08. The third kappa shape index (κ3) is 1.94. The summed E-state index contributed by atoms with van der Waals surface area (Å²) in [4.78, 5) is 15.0. The minimum Gasteiger partial charge on any atom is -0.478 e. The number of carboxylic acids is 1. The summed E-state index contributed by atoms with van der Waals surface area (Å²) in [5, 5.41) is 9.06. The summed E-state index contributed by atoms with van der Waals surface area (Å²) in [6, 6.07) is 6.17. The van der Waals surface area contributed by atoms with Crippen LogP contribution in [0.3, 0.4) is 0 Å². The molecule has 0 aliphatic carbocycles. The number of carboxylic acid groups (broad SMARTS) is 1. The highest BCUT2D eigenvalue weighted by Crippen LogP contribution is 2.25. The van der Waals surface area contributed by atoms with Crippen LogP contribution in [0.5, 0.6) is 0 Å². The van der Waals surface area contributed by atoms with Crippen LogP contribution in [0.2, 0.25) is 0 Å². The standard InChI is InChI=1S/C14H7F3N2O2/c15-8-4-5-9(12(17)11(8)16)19-6-18-13-7(14(20)21)2-1-3-10(13)19/h1-6H,(H,20,21). The van der Waals surface area contributed by atoms with Crippen molar-refractivity contribution in [3.8, 4) is 5.69 Å². The first-order valence-corrected chi connectivity index (χ1v) is 5.84. The normalized spacial score (nSPS) is 11.0. The maximum absolute atomic E-state index is 13.8. The van der Waals surface area contributed by atoms with E-state index in [0.717, 1.165) is 18.5 Å². The van der Waals surface area contributed by atoms with Gasteiger partial charge in [-0.1, -0.05) is 6.07 Å². The number of rotatable bonds is 2. The van der Waals surface area contributed by atoms with Crippen LogP contribution in [-0.4, -0.2) is 20.6 Å². The predicted molar refractivity (Wildman–Crippen MR) is 67.9 cm³/mol. The second-order valence-corrected chi connectivity index (χ2v) is 4.29. The van der Waals surface area contributed by atoms with E-state index >= 15 is 0 Å². The van der Waals surface area contributed by atoms with E-state index in [4.69, 9.17) is 5.11 Å². The van der Waals surface area contributed by atoms with Crippen molar-refractivity contribution in [3.63, 3.8) is 0 Å². The Kier molecular flexibility index (Phi) is 2.90. The maximum Gasteiger partial charge on any atom is 0.337 e. The van der Waals surface area contributed by atoms with Gasteiger partial charge < -0.3 is 5.11 Å². The molecular formula is C14H7F3N2O2. The van der Waals surface area contributed by atoms with Crippen molar-refractivity contribution in [1.29, 1.82) is 0 Å². The van der Waals surface area contributed by atoms with Crippen molar-refractivity contribution in [2.75, 3.05) is 0 Å². The molecule has 0 atom stereocenters. The van der Waals surface area contributed by atoms with Crippen LogP contribution in [0.1, 0.15) is 10.4 Å². The highest BCUT2D eigenvalue weighted by atomic mass is 19.2. The lowest BCUT2D eigenvalue weighted by Crippen LogP contribution is -2.01. The van der Waals surface area contributed by atoms with Crippen LogP contribution in [0.25, 0.3) is 16.7 Å². The molecule has 2 aromatic carbocycles. The Hall–Kier alpha value is -2.83. The minimum absolute atomic E-state index is 0.0609. The number of hydrogen-bond donors (Lipinski definition) is 1. The second-order valence-electron chi connectivity index (χ2n) is 4.29. The molecule has 0 spiro atoms. The first-order chi connectivity index (χ1) is 10.0. The van der Waals surface area contributed by atoms with E-state index < -0.39 is 23.4 Å². The van der Waals surface area contributed by atoms with Gasteiger partial charge in [0.05, 0.1) is 16.8 Å². The molecule has 106 valence electrons. The molecule has 3 aromatic rings. The third-order valence-corrected chi connectivity index (χ3v) is 3.08. The van der Waals surface area contributed by atoms with Crippen LogP contribution in [-0.2, 0) is 0 Å². The van der Waals surface area contributed by atoms with Gasteiger partial charge in [-0.25, -0.2) is 22.9 Å². The number of aromatic nitrogens is 2. The molecule has 4 nitrogen and oxygen atoms in total. The fraction of sp³-hybridized carbons (Fsp3) is 0. The van der Waals surface area contributed by atoms with Crippen molar-refractivity contribution in [3.05, 3.63) is 59.7 Å². The predicted octanol–water partition coefficient (Wildman–Crippen LogP) is 3.14. The van der Waals surface area contributed by atoms with E-state index in [1.807, 2.05) is 0 Å². The van der Waals surface area contributed by atoms with Crippen LogP contribution in [0, 0.1) is 17.5 Å². The Bertz CT molecular complexity index is 874. The van der Waals surface area contributed by atoms with Gasteiger partial charge in [0.15, 0.2) is 17.5 Å². The number of nitrogens with zero attached hydrogens (tertiary/aromatic N) is 2. The van der Waals surface area contributed by atoms with Crippen molar-refractivity contribution < 1.29 is 23.1 Å².